The first-order valence-corrected chi connectivity index (χ1v) is 10.2. The molecule has 0 fully saturated rings. The molecular formula is C23H29ClN2O3. The van der Waals surface area contributed by atoms with Gasteiger partial charge in [-0.25, -0.2) is 0 Å². The quantitative estimate of drug-likeness (QED) is 0.663. The van der Waals surface area contributed by atoms with Crippen molar-refractivity contribution in [1.29, 1.82) is 0 Å². The number of carbonyl (C=O) groups excluding carboxylic acids is 2. The second kappa shape index (κ2) is 10.9. The van der Waals surface area contributed by atoms with Crippen LogP contribution in [0.5, 0.6) is 5.75 Å². The largest absolute Gasteiger partial charge is 0.484 e. The predicted molar refractivity (Wildman–Crippen MR) is 116 cm³/mol. The van der Waals surface area contributed by atoms with Crippen molar-refractivity contribution in [1.82, 2.24) is 10.2 Å². The molecule has 0 saturated heterocycles. The zero-order valence-corrected chi connectivity index (χ0v) is 18.3. The second-order valence-electron chi connectivity index (χ2n) is 7.15. The Morgan fingerprint density at radius 3 is 2.55 bits per heavy atom. The first-order valence-electron chi connectivity index (χ1n) is 9.83. The summed E-state index contributed by atoms with van der Waals surface area (Å²) in [6.07, 6.45) is 0.830. The number of carbonyl (C=O) groups is 2. The van der Waals surface area contributed by atoms with Gasteiger partial charge in [0.2, 0.25) is 5.91 Å². The number of hydrogen-bond acceptors (Lipinski definition) is 3. The van der Waals surface area contributed by atoms with Crippen LogP contribution in [0.1, 0.15) is 37.0 Å². The van der Waals surface area contributed by atoms with E-state index in [4.69, 9.17) is 16.3 Å². The van der Waals surface area contributed by atoms with Gasteiger partial charge in [0.1, 0.15) is 11.8 Å². The summed E-state index contributed by atoms with van der Waals surface area (Å²) in [5.41, 5.74) is 3.11. The van der Waals surface area contributed by atoms with Crippen molar-refractivity contribution in [3.8, 4) is 5.75 Å². The summed E-state index contributed by atoms with van der Waals surface area (Å²) in [6, 6.07) is 12.4. The molecule has 1 N–H and O–H groups in total. The van der Waals surface area contributed by atoms with Gasteiger partial charge in [0.15, 0.2) is 6.61 Å². The highest BCUT2D eigenvalue weighted by atomic mass is 35.5. The molecule has 6 heteroatoms. The highest BCUT2D eigenvalue weighted by molar-refractivity contribution is 6.30. The van der Waals surface area contributed by atoms with Gasteiger partial charge in [-0.2, -0.15) is 0 Å². The molecule has 0 saturated carbocycles. The first-order chi connectivity index (χ1) is 13.8. The maximum absolute atomic E-state index is 13.0. The number of aryl methyl sites for hydroxylation is 2. The minimum Gasteiger partial charge on any atom is -0.484 e. The lowest BCUT2D eigenvalue weighted by Crippen LogP contribution is -2.49. The molecule has 0 aliphatic carbocycles. The molecule has 1 atom stereocenters. The molecule has 0 aromatic heterocycles. The van der Waals surface area contributed by atoms with Crippen molar-refractivity contribution in [2.24, 2.45) is 0 Å². The van der Waals surface area contributed by atoms with E-state index in [9.17, 15) is 9.59 Å². The van der Waals surface area contributed by atoms with Gasteiger partial charge in [-0.1, -0.05) is 36.7 Å². The fraction of sp³-hybridized carbons (Fsp3) is 0.391. The average Bonchev–Trinajstić information content (AvgIpc) is 2.70. The number of nitrogens with zero attached hydrogens (tertiary/aromatic N) is 1. The zero-order valence-electron chi connectivity index (χ0n) is 17.5. The molecule has 2 aromatic carbocycles. The van der Waals surface area contributed by atoms with E-state index in [0.29, 0.717) is 17.3 Å². The van der Waals surface area contributed by atoms with Crippen LogP contribution in [0, 0.1) is 13.8 Å². The number of hydrogen-bond donors (Lipinski definition) is 1. The van der Waals surface area contributed by atoms with Crippen LogP contribution in [-0.4, -0.2) is 35.9 Å². The van der Waals surface area contributed by atoms with Crippen molar-refractivity contribution in [2.45, 2.75) is 46.7 Å². The number of amides is 2. The van der Waals surface area contributed by atoms with E-state index >= 15 is 0 Å². The summed E-state index contributed by atoms with van der Waals surface area (Å²) in [4.78, 5) is 27.0. The Balaban J connectivity index is 2.14. The van der Waals surface area contributed by atoms with Crippen LogP contribution in [-0.2, 0) is 16.1 Å². The lowest BCUT2D eigenvalue weighted by atomic mass is 10.1. The van der Waals surface area contributed by atoms with Crippen LogP contribution in [0.15, 0.2) is 42.5 Å². The third-order valence-electron chi connectivity index (χ3n) is 4.80. The van der Waals surface area contributed by atoms with Crippen LogP contribution in [0.25, 0.3) is 0 Å². The number of ether oxygens (including phenoxy) is 1. The highest BCUT2D eigenvalue weighted by Crippen LogP contribution is 2.18. The van der Waals surface area contributed by atoms with Gasteiger partial charge >= 0.3 is 0 Å². The Kier molecular flexibility index (Phi) is 8.52. The van der Waals surface area contributed by atoms with Crippen LogP contribution < -0.4 is 10.1 Å². The third kappa shape index (κ3) is 6.79. The fourth-order valence-electron chi connectivity index (χ4n) is 2.84. The number of benzene rings is 2. The van der Waals surface area contributed by atoms with Crippen molar-refractivity contribution in [3.63, 3.8) is 0 Å². The second-order valence-corrected chi connectivity index (χ2v) is 7.59. The number of nitrogens with one attached hydrogen (secondary N) is 1. The van der Waals surface area contributed by atoms with E-state index in [1.165, 1.54) is 4.90 Å². The normalized spacial score (nSPS) is 11.6. The fourth-order valence-corrected chi connectivity index (χ4v) is 3.06. The summed E-state index contributed by atoms with van der Waals surface area (Å²) in [6.45, 7) is 8.43. The Morgan fingerprint density at radius 1 is 1.14 bits per heavy atom. The molecular weight excluding hydrogens is 388 g/mol. The van der Waals surface area contributed by atoms with E-state index in [0.717, 1.165) is 23.1 Å². The first kappa shape index (κ1) is 22.8. The van der Waals surface area contributed by atoms with Crippen molar-refractivity contribution >= 4 is 23.4 Å². The molecule has 5 nitrogen and oxygen atoms in total. The van der Waals surface area contributed by atoms with E-state index in [1.807, 2.05) is 51.1 Å². The Hall–Kier alpha value is -2.53. The lowest BCUT2D eigenvalue weighted by molar-refractivity contribution is -0.142. The average molecular weight is 417 g/mol. The summed E-state index contributed by atoms with van der Waals surface area (Å²) in [7, 11) is 0. The summed E-state index contributed by atoms with van der Waals surface area (Å²) >= 11 is 6.08. The maximum Gasteiger partial charge on any atom is 0.261 e. The molecule has 2 rings (SSSR count). The van der Waals surface area contributed by atoms with E-state index in [-0.39, 0.29) is 25.0 Å². The molecule has 0 bridgehead atoms. The monoisotopic (exact) mass is 416 g/mol. The van der Waals surface area contributed by atoms with Crippen molar-refractivity contribution in [3.05, 3.63) is 64.2 Å². The molecule has 0 spiro atoms. The van der Waals surface area contributed by atoms with Crippen LogP contribution in [0.4, 0.5) is 0 Å². The van der Waals surface area contributed by atoms with Crippen LogP contribution >= 0.6 is 11.6 Å². The molecule has 1 unspecified atom stereocenters. The van der Waals surface area contributed by atoms with Gasteiger partial charge in [-0.15, -0.1) is 0 Å². The third-order valence-corrected chi connectivity index (χ3v) is 5.03. The van der Waals surface area contributed by atoms with Crippen LogP contribution in [0.2, 0.25) is 5.02 Å². The van der Waals surface area contributed by atoms with Crippen molar-refractivity contribution < 1.29 is 14.3 Å². The number of halogens is 1. The molecule has 2 amide bonds. The van der Waals surface area contributed by atoms with E-state index in [2.05, 4.69) is 5.32 Å². The van der Waals surface area contributed by atoms with E-state index < -0.39 is 6.04 Å². The Labute approximate surface area is 178 Å². The minimum atomic E-state index is -0.628. The molecule has 0 heterocycles. The van der Waals surface area contributed by atoms with Gasteiger partial charge in [0, 0.05) is 18.1 Å². The molecule has 29 heavy (non-hydrogen) atoms. The summed E-state index contributed by atoms with van der Waals surface area (Å²) in [5, 5.41) is 3.44. The summed E-state index contributed by atoms with van der Waals surface area (Å²) < 4.78 is 5.71. The summed E-state index contributed by atoms with van der Waals surface area (Å²) in [5.74, 6) is 0.183. The predicted octanol–water partition coefficient (Wildman–Crippen LogP) is 4.28. The van der Waals surface area contributed by atoms with Crippen molar-refractivity contribution in [2.75, 3.05) is 13.2 Å². The van der Waals surface area contributed by atoms with Gasteiger partial charge in [0.05, 0.1) is 0 Å². The molecule has 156 valence electrons. The molecule has 0 radical (unpaired) electrons. The smallest absolute Gasteiger partial charge is 0.261 e. The zero-order chi connectivity index (χ0) is 21.4. The van der Waals surface area contributed by atoms with Gasteiger partial charge in [-0.3, -0.25) is 9.59 Å². The van der Waals surface area contributed by atoms with E-state index in [1.54, 1.807) is 19.1 Å². The SMILES string of the molecule is CCCNC(=O)C(C)N(Cc1cccc(Cl)c1)C(=O)COc1ccc(C)c(C)c1. The Morgan fingerprint density at radius 2 is 1.90 bits per heavy atom. The minimum absolute atomic E-state index is 0.144. The van der Waals surface area contributed by atoms with Gasteiger partial charge in [0.25, 0.3) is 5.91 Å². The topological polar surface area (TPSA) is 58.6 Å². The molecule has 2 aromatic rings. The standard InChI is InChI=1S/C23H29ClN2O3/c1-5-11-25-23(28)18(4)26(14-19-7-6-8-20(24)13-19)22(27)15-29-21-10-9-16(2)17(3)12-21/h6-10,12-13,18H,5,11,14-15H2,1-4H3,(H,25,28). The lowest BCUT2D eigenvalue weighted by Gasteiger charge is -2.28. The van der Waals surface area contributed by atoms with Crippen LogP contribution in [0.3, 0.4) is 0 Å². The Bertz CT molecular complexity index is 854. The highest BCUT2D eigenvalue weighted by Gasteiger charge is 2.26. The van der Waals surface area contributed by atoms with Gasteiger partial charge < -0.3 is 15.0 Å². The molecule has 0 aliphatic heterocycles. The van der Waals surface area contributed by atoms with Gasteiger partial charge in [-0.05, 0) is 68.1 Å². The molecule has 0 aliphatic rings. The number of rotatable bonds is 9. The maximum atomic E-state index is 13.0.